The van der Waals surface area contributed by atoms with Gasteiger partial charge in [-0.1, -0.05) is 11.6 Å². The maximum atomic E-state index is 12.5. The van der Waals surface area contributed by atoms with Gasteiger partial charge in [-0.15, -0.1) is 0 Å². The van der Waals surface area contributed by atoms with Gasteiger partial charge in [0.15, 0.2) is 0 Å². The first-order valence-electron chi connectivity index (χ1n) is 7.56. The molecule has 0 aliphatic carbocycles. The monoisotopic (exact) mass is 331 g/mol. The van der Waals surface area contributed by atoms with Gasteiger partial charge in [-0.25, -0.2) is 0 Å². The summed E-state index contributed by atoms with van der Waals surface area (Å²) in [7, 11) is 0. The van der Waals surface area contributed by atoms with Gasteiger partial charge in [-0.3, -0.25) is 9.78 Å². The van der Waals surface area contributed by atoms with Crippen molar-refractivity contribution in [3.05, 3.63) is 53.3 Å². The summed E-state index contributed by atoms with van der Waals surface area (Å²) in [6.45, 7) is 1.32. The molecule has 2 aromatic rings. The van der Waals surface area contributed by atoms with Crippen molar-refractivity contribution in [1.82, 2.24) is 9.88 Å². The van der Waals surface area contributed by atoms with E-state index in [0.29, 0.717) is 28.6 Å². The lowest BCUT2D eigenvalue weighted by atomic mass is 10.1. The van der Waals surface area contributed by atoms with Gasteiger partial charge in [0.2, 0.25) is 0 Å². The average molecular weight is 332 g/mol. The zero-order chi connectivity index (χ0) is 16.2. The quantitative estimate of drug-likeness (QED) is 0.938. The van der Waals surface area contributed by atoms with Crippen molar-refractivity contribution in [2.45, 2.75) is 18.9 Å². The number of likely N-dealkylation sites (tertiary alicyclic amines) is 1. The van der Waals surface area contributed by atoms with E-state index in [1.807, 2.05) is 0 Å². The Morgan fingerprint density at radius 2 is 2.09 bits per heavy atom. The van der Waals surface area contributed by atoms with Gasteiger partial charge in [-0.2, -0.15) is 0 Å². The summed E-state index contributed by atoms with van der Waals surface area (Å²) in [5.41, 5.74) is 6.48. The number of hydrogen-bond acceptors (Lipinski definition) is 4. The van der Waals surface area contributed by atoms with Crippen LogP contribution in [0.15, 0.2) is 42.7 Å². The fourth-order valence-corrected chi connectivity index (χ4v) is 2.85. The molecule has 0 radical (unpaired) electrons. The molecule has 1 aromatic carbocycles. The molecular formula is C17H18ClN3O2. The molecular weight excluding hydrogens is 314 g/mol. The smallest absolute Gasteiger partial charge is 0.253 e. The number of pyridine rings is 1. The summed E-state index contributed by atoms with van der Waals surface area (Å²) in [5, 5.41) is 0.397. The van der Waals surface area contributed by atoms with Crippen LogP contribution < -0.4 is 10.5 Å². The van der Waals surface area contributed by atoms with Crippen LogP contribution in [0.3, 0.4) is 0 Å². The van der Waals surface area contributed by atoms with E-state index in [4.69, 9.17) is 22.1 Å². The lowest BCUT2D eigenvalue weighted by Crippen LogP contribution is -2.45. The number of hydrogen-bond donors (Lipinski definition) is 1. The Labute approximate surface area is 140 Å². The molecule has 1 unspecified atom stereocenters. The lowest BCUT2D eigenvalue weighted by Gasteiger charge is -2.30. The second-order valence-electron chi connectivity index (χ2n) is 5.58. The van der Waals surface area contributed by atoms with Crippen LogP contribution in [-0.4, -0.2) is 34.9 Å². The molecule has 5 nitrogen and oxygen atoms in total. The molecule has 23 heavy (non-hydrogen) atoms. The van der Waals surface area contributed by atoms with Crippen LogP contribution in [0.5, 0.6) is 11.5 Å². The van der Waals surface area contributed by atoms with E-state index >= 15 is 0 Å². The molecule has 0 bridgehead atoms. The number of benzene rings is 1. The van der Waals surface area contributed by atoms with Crippen LogP contribution >= 0.6 is 11.6 Å². The SMILES string of the molecule is NC1CCCN(C(=O)c2ccc(Oc3ccncc3)c(Cl)c2)C1. The van der Waals surface area contributed by atoms with Crippen LogP contribution in [0.4, 0.5) is 0 Å². The molecule has 3 rings (SSSR count). The highest BCUT2D eigenvalue weighted by molar-refractivity contribution is 6.32. The normalized spacial score (nSPS) is 17.8. The minimum absolute atomic E-state index is 0.0440. The molecule has 120 valence electrons. The van der Waals surface area contributed by atoms with E-state index in [1.54, 1.807) is 47.6 Å². The molecule has 0 saturated carbocycles. The highest BCUT2D eigenvalue weighted by Crippen LogP contribution is 2.30. The molecule has 1 atom stereocenters. The second-order valence-corrected chi connectivity index (χ2v) is 5.99. The maximum Gasteiger partial charge on any atom is 0.253 e. The molecule has 1 aliphatic heterocycles. The van der Waals surface area contributed by atoms with Crippen LogP contribution in [0.1, 0.15) is 23.2 Å². The third-order valence-electron chi connectivity index (χ3n) is 3.80. The van der Waals surface area contributed by atoms with E-state index < -0.39 is 0 Å². The first-order chi connectivity index (χ1) is 11.1. The highest BCUT2D eigenvalue weighted by Gasteiger charge is 2.22. The van der Waals surface area contributed by atoms with Crippen LogP contribution in [-0.2, 0) is 0 Å². The van der Waals surface area contributed by atoms with Gasteiger partial charge in [0, 0.05) is 37.1 Å². The zero-order valence-corrected chi connectivity index (χ0v) is 13.4. The number of piperidine rings is 1. The zero-order valence-electron chi connectivity index (χ0n) is 12.6. The second kappa shape index (κ2) is 6.98. The molecule has 6 heteroatoms. The Morgan fingerprint density at radius 3 is 2.78 bits per heavy atom. The van der Waals surface area contributed by atoms with Crippen LogP contribution in [0.2, 0.25) is 5.02 Å². The fraction of sp³-hybridized carbons (Fsp3) is 0.294. The summed E-state index contributed by atoms with van der Waals surface area (Å²) < 4.78 is 5.69. The number of nitrogens with two attached hydrogens (primary N) is 1. The fourth-order valence-electron chi connectivity index (χ4n) is 2.63. The lowest BCUT2D eigenvalue weighted by molar-refractivity contribution is 0.0709. The number of carbonyl (C=O) groups is 1. The number of nitrogens with zero attached hydrogens (tertiary/aromatic N) is 2. The van der Waals surface area contributed by atoms with Gasteiger partial charge >= 0.3 is 0 Å². The third kappa shape index (κ3) is 3.81. The Morgan fingerprint density at radius 1 is 1.30 bits per heavy atom. The van der Waals surface area contributed by atoms with E-state index in [0.717, 1.165) is 19.4 Å². The average Bonchev–Trinajstić information content (AvgIpc) is 2.57. The molecule has 1 aromatic heterocycles. The van der Waals surface area contributed by atoms with Crippen molar-refractivity contribution in [3.8, 4) is 11.5 Å². The molecule has 2 N–H and O–H groups in total. The molecule has 1 fully saturated rings. The largest absolute Gasteiger partial charge is 0.456 e. The molecule has 1 aliphatic rings. The van der Waals surface area contributed by atoms with Crippen molar-refractivity contribution in [2.24, 2.45) is 5.73 Å². The summed E-state index contributed by atoms with van der Waals surface area (Å²) in [6, 6.07) is 8.61. The van der Waals surface area contributed by atoms with Crippen molar-refractivity contribution < 1.29 is 9.53 Å². The van der Waals surface area contributed by atoms with Gasteiger partial charge in [0.25, 0.3) is 5.91 Å². The van der Waals surface area contributed by atoms with E-state index in [1.165, 1.54) is 0 Å². The Balaban J connectivity index is 1.75. The highest BCUT2D eigenvalue weighted by atomic mass is 35.5. The summed E-state index contributed by atoms with van der Waals surface area (Å²) in [5.74, 6) is 1.10. The molecule has 1 saturated heterocycles. The van der Waals surface area contributed by atoms with Gasteiger partial charge in [0.1, 0.15) is 11.5 Å². The molecule has 2 heterocycles. The van der Waals surface area contributed by atoms with Crippen LogP contribution in [0.25, 0.3) is 0 Å². The number of ether oxygens (including phenoxy) is 1. The molecule has 0 spiro atoms. The Kier molecular flexibility index (Phi) is 4.79. The van der Waals surface area contributed by atoms with Crippen molar-refractivity contribution in [3.63, 3.8) is 0 Å². The van der Waals surface area contributed by atoms with E-state index in [-0.39, 0.29) is 11.9 Å². The Bertz CT molecular complexity index is 693. The number of aromatic nitrogens is 1. The first kappa shape index (κ1) is 15.8. The summed E-state index contributed by atoms with van der Waals surface area (Å²) in [4.78, 5) is 18.2. The van der Waals surface area contributed by atoms with Crippen molar-refractivity contribution in [1.29, 1.82) is 0 Å². The summed E-state index contributed by atoms with van der Waals surface area (Å²) >= 11 is 6.25. The van der Waals surface area contributed by atoms with E-state index in [9.17, 15) is 4.79 Å². The van der Waals surface area contributed by atoms with Crippen molar-refractivity contribution in [2.75, 3.05) is 13.1 Å². The summed E-state index contributed by atoms with van der Waals surface area (Å²) in [6.07, 6.45) is 5.18. The Hall–Kier alpha value is -2.11. The van der Waals surface area contributed by atoms with Gasteiger partial charge in [-0.05, 0) is 43.2 Å². The first-order valence-corrected chi connectivity index (χ1v) is 7.93. The number of rotatable bonds is 3. The van der Waals surface area contributed by atoms with Crippen LogP contribution in [0, 0.1) is 0 Å². The molecule has 1 amide bonds. The number of carbonyl (C=O) groups excluding carboxylic acids is 1. The van der Waals surface area contributed by atoms with Crippen molar-refractivity contribution >= 4 is 17.5 Å². The number of halogens is 1. The predicted molar refractivity (Wildman–Crippen MR) is 88.9 cm³/mol. The minimum Gasteiger partial charge on any atom is -0.456 e. The minimum atomic E-state index is -0.0440. The topological polar surface area (TPSA) is 68.5 Å². The standard InChI is InChI=1S/C17H18ClN3O2/c18-15-10-12(17(22)21-9-1-2-13(19)11-21)3-4-16(15)23-14-5-7-20-8-6-14/h3-8,10,13H,1-2,9,11,19H2. The van der Waals surface area contributed by atoms with E-state index in [2.05, 4.69) is 4.98 Å². The van der Waals surface area contributed by atoms with Gasteiger partial charge < -0.3 is 15.4 Å². The maximum absolute atomic E-state index is 12.5. The predicted octanol–water partition coefficient (Wildman–Crippen LogP) is 3.09. The van der Waals surface area contributed by atoms with Gasteiger partial charge in [0.05, 0.1) is 5.02 Å². The third-order valence-corrected chi connectivity index (χ3v) is 4.10. The number of amides is 1.